The van der Waals surface area contributed by atoms with Gasteiger partial charge in [-0.1, -0.05) is 17.6 Å². The zero-order chi connectivity index (χ0) is 17.7. The molecule has 1 aliphatic heterocycles. The maximum atomic E-state index is 12.3. The highest BCUT2D eigenvalue weighted by Gasteiger charge is 2.31. The van der Waals surface area contributed by atoms with Crippen molar-refractivity contribution in [1.82, 2.24) is 10.7 Å². The van der Waals surface area contributed by atoms with Gasteiger partial charge in [0, 0.05) is 5.70 Å². The second-order valence-electron chi connectivity index (χ2n) is 4.91. The zero-order valence-electron chi connectivity index (χ0n) is 13.5. The number of hydrazine groups is 1. The van der Waals surface area contributed by atoms with Gasteiger partial charge >= 0.3 is 5.97 Å². The molecular weight excluding hydrogens is 316 g/mol. The largest absolute Gasteiger partial charge is 0.497 e. The Hall–Kier alpha value is -3.10. The van der Waals surface area contributed by atoms with E-state index in [-0.39, 0.29) is 12.6 Å². The number of hydrogen-bond donors (Lipinski definition) is 2. The van der Waals surface area contributed by atoms with Crippen LogP contribution in [0.4, 0.5) is 0 Å². The van der Waals surface area contributed by atoms with E-state index in [4.69, 9.17) is 9.47 Å². The third-order valence-electron chi connectivity index (χ3n) is 3.37. The van der Waals surface area contributed by atoms with Crippen LogP contribution in [0.1, 0.15) is 25.5 Å². The van der Waals surface area contributed by atoms with Gasteiger partial charge in [-0.25, -0.2) is 19.9 Å². The molecule has 24 heavy (non-hydrogen) atoms. The number of benzene rings is 1. The van der Waals surface area contributed by atoms with Gasteiger partial charge in [0.05, 0.1) is 19.3 Å². The fourth-order valence-electron chi connectivity index (χ4n) is 2.32. The van der Waals surface area contributed by atoms with Crippen molar-refractivity contribution in [2.45, 2.75) is 19.9 Å². The number of aliphatic imine (C=N–C) groups is 1. The Kier molecular flexibility index (Phi) is 5.35. The summed E-state index contributed by atoms with van der Waals surface area (Å²) in [4.78, 5) is 27.2. The minimum Gasteiger partial charge on any atom is -0.497 e. The summed E-state index contributed by atoms with van der Waals surface area (Å²) in [5.74, 6) is 0.0808. The van der Waals surface area contributed by atoms with Gasteiger partial charge in [-0.15, -0.1) is 0 Å². The second-order valence-corrected chi connectivity index (χ2v) is 4.91. The van der Waals surface area contributed by atoms with E-state index in [1.54, 1.807) is 45.2 Å². The van der Waals surface area contributed by atoms with Crippen LogP contribution in [0.15, 0.2) is 40.5 Å². The predicted molar refractivity (Wildman–Crippen MR) is 85.8 cm³/mol. The van der Waals surface area contributed by atoms with Crippen molar-refractivity contribution in [2.24, 2.45) is 4.99 Å². The molecule has 1 atom stereocenters. The van der Waals surface area contributed by atoms with Crippen molar-refractivity contribution in [3.8, 4) is 5.75 Å². The molecule has 1 aromatic carbocycles. The van der Waals surface area contributed by atoms with Crippen molar-refractivity contribution < 1.29 is 19.3 Å². The molecule has 0 amide bonds. The van der Waals surface area contributed by atoms with Crippen molar-refractivity contribution in [1.29, 1.82) is 0 Å². The van der Waals surface area contributed by atoms with Crippen LogP contribution in [0, 0.1) is 10.1 Å². The molecule has 2 N–H and O–H groups in total. The summed E-state index contributed by atoms with van der Waals surface area (Å²) in [5, 5.41) is 12.7. The van der Waals surface area contributed by atoms with Gasteiger partial charge in [0.2, 0.25) is 0 Å². The Morgan fingerprint density at radius 2 is 2.08 bits per heavy atom. The quantitative estimate of drug-likeness (QED) is 0.474. The standard InChI is InChI=1S/C15H18N4O5/c1-4-24-14(20)12-9(2)16-15(18-19(21)22)17-13(12)10-5-7-11(23-3)8-6-10/h5-8,13H,4H2,1-3H3,(H2,16,17,18)/t13-/m0/s1. The number of carbonyl (C=O) groups is 1. The van der Waals surface area contributed by atoms with Gasteiger partial charge in [0.25, 0.3) is 5.96 Å². The number of carbonyl (C=O) groups excluding carboxylic acids is 1. The zero-order valence-corrected chi connectivity index (χ0v) is 13.5. The summed E-state index contributed by atoms with van der Waals surface area (Å²) in [6.07, 6.45) is 0. The Morgan fingerprint density at radius 3 is 2.62 bits per heavy atom. The first-order valence-electron chi connectivity index (χ1n) is 7.24. The number of nitrogens with zero attached hydrogens (tertiary/aromatic N) is 2. The average molecular weight is 334 g/mol. The number of rotatable bonds is 5. The molecule has 0 fully saturated rings. The van der Waals surface area contributed by atoms with Crippen molar-refractivity contribution in [3.63, 3.8) is 0 Å². The molecule has 0 saturated heterocycles. The summed E-state index contributed by atoms with van der Waals surface area (Å²) >= 11 is 0. The van der Waals surface area contributed by atoms with E-state index in [1.165, 1.54) is 0 Å². The third-order valence-corrected chi connectivity index (χ3v) is 3.37. The number of nitrogens with one attached hydrogen (secondary N) is 2. The minimum absolute atomic E-state index is 0.0497. The van der Waals surface area contributed by atoms with Crippen LogP contribution in [0.25, 0.3) is 0 Å². The molecule has 0 spiro atoms. The smallest absolute Gasteiger partial charge is 0.338 e. The molecule has 2 rings (SSSR count). The first kappa shape index (κ1) is 17.3. The predicted octanol–water partition coefficient (Wildman–Crippen LogP) is 1.31. The summed E-state index contributed by atoms with van der Waals surface area (Å²) in [5.41, 5.74) is 3.40. The van der Waals surface area contributed by atoms with Crippen molar-refractivity contribution >= 4 is 11.9 Å². The third kappa shape index (κ3) is 3.80. The number of allylic oxidation sites excluding steroid dienone is 1. The lowest BCUT2D eigenvalue weighted by molar-refractivity contribution is -0.525. The molecule has 0 saturated carbocycles. The lowest BCUT2D eigenvalue weighted by Gasteiger charge is -2.24. The van der Waals surface area contributed by atoms with Crippen LogP contribution < -0.4 is 15.5 Å². The molecule has 9 nitrogen and oxygen atoms in total. The van der Waals surface area contributed by atoms with Gasteiger partial charge in [0.1, 0.15) is 11.8 Å². The van der Waals surface area contributed by atoms with E-state index >= 15 is 0 Å². The Bertz CT molecular complexity index is 696. The molecule has 1 aromatic rings. The fourth-order valence-corrected chi connectivity index (χ4v) is 2.32. The Labute approximate surface area is 138 Å². The highest BCUT2D eigenvalue weighted by molar-refractivity contribution is 5.95. The lowest BCUT2D eigenvalue weighted by Crippen LogP contribution is -2.43. The fraction of sp³-hybridized carbons (Fsp3) is 0.333. The van der Waals surface area contributed by atoms with Crippen LogP contribution in [0.5, 0.6) is 5.75 Å². The number of nitro groups is 1. The molecular formula is C15H18N4O5. The SMILES string of the molecule is CCOC(=O)C1=C(C)NC(N[N+](=O)[O-])=N[C@H]1c1ccc(OC)cc1. The first-order chi connectivity index (χ1) is 11.5. The van der Waals surface area contributed by atoms with E-state index in [0.717, 1.165) is 0 Å². The summed E-state index contributed by atoms with van der Waals surface area (Å²) < 4.78 is 10.2. The molecule has 0 aliphatic carbocycles. The molecule has 9 heteroatoms. The Morgan fingerprint density at radius 1 is 1.42 bits per heavy atom. The van der Waals surface area contributed by atoms with Crippen LogP contribution in [0.2, 0.25) is 0 Å². The average Bonchev–Trinajstić information content (AvgIpc) is 2.54. The number of hydrogen-bond acceptors (Lipinski definition) is 7. The van der Waals surface area contributed by atoms with Crippen LogP contribution in [-0.4, -0.2) is 30.7 Å². The minimum atomic E-state index is -0.723. The molecule has 1 heterocycles. The maximum Gasteiger partial charge on any atom is 0.338 e. The van der Waals surface area contributed by atoms with Crippen molar-refractivity contribution in [3.05, 3.63) is 51.2 Å². The molecule has 0 aromatic heterocycles. The first-order valence-corrected chi connectivity index (χ1v) is 7.24. The summed E-state index contributed by atoms with van der Waals surface area (Å²) in [7, 11) is 1.55. The van der Waals surface area contributed by atoms with Crippen molar-refractivity contribution in [2.75, 3.05) is 13.7 Å². The van der Waals surface area contributed by atoms with E-state index < -0.39 is 17.0 Å². The topological polar surface area (TPSA) is 115 Å². The van der Waals surface area contributed by atoms with E-state index in [1.807, 2.05) is 5.43 Å². The highest BCUT2D eigenvalue weighted by atomic mass is 16.7. The van der Waals surface area contributed by atoms with E-state index in [0.29, 0.717) is 22.6 Å². The van der Waals surface area contributed by atoms with Gasteiger partial charge in [-0.2, -0.15) is 0 Å². The number of methoxy groups -OCH3 is 1. The number of guanidine groups is 1. The normalized spacial score (nSPS) is 16.8. The highest BCUT2D eigenvalue weighted by Crippen LogP contribution is 2.32. The summed E-state index contributed by atoms with van der Waals surface area (Å²) in [6, 6.07) is 6.22. The molecule has 0 unspecified atom stereocenters. The molecule has 128 valence electrons. The van der Waals surface area contributed by atoms with Gasteiger partial charge in [-0.3, -0.25) is 0 Å². The molecule has 0 radical (unpaired) electrons. The van der Waals surface area contributed by atoms with Gasteiger partial charge < -0.3 is 14.8 Å². The van der Waals surface area contributed by atoms with E-state index in [9.17, 15) is 14.9 Å². The van der Waals surface area contributed by atoms with Gasteiger partial charge in [-0.05, 0) is 31.5 Å². The number of esters is 1. The van der Waals surface area contributed by atoms with E-state index in [2.05, 4.69) is 10.3 Å². The molecule has 0 bridgehead atoms. The number of ether oxygens (including phenoxy) is 2. The van der Waals surface area contributed by atoms with Gasteiger partial charge in [0.15, 0.2) is 5.03 Å². The lowest BCUT2D eigenvalue weighted by atomic mass is 9.96. The second kappa shape index (κ2) is 7.44. The monoisotopic (exact) mass is 334 g/mol. The molecule has 1 aliphatic rings. The van der Waals surface area contributed by atoms with Crippen LogP contribution >= 0.6 is 0 Å². The maximum absolute atomic E-state index is 12.3. The van der Waals surface area contributed by atoms with Crippen LogP contribution in [0.3, 0.4) is 0 Å². The van der Waals surface area contributed by atoms with Crippen LogP contribution in [-0.2, 0) is 9.53 Å². The summed E-state index contributed by atoms with van der Waals surface area (Å²) in [6.45, 7) is 3.56. The Balaban J connectivity index is 2.43.